The summed E-state index contributed by atoms with van der Waals surface area (Å²) in [5, 5.41) is 7.07. The number of amides is 2. The largest absolute Gasteiger partial charge is 0.445 e. The van der Waals surface area contributed by atoms with Crippen molar-refractivity contribution < 1.29 is 19.3 Å². The van der Waals surface area contributed by atoms with Gasteiger partial charge in [-0.2, -0.15) is 0 Å². The second-order valence-electron chi connectivity index (χ2n) is 3.84. The van der Waals surface area contributed by atoms with Crippen LogP contribution in [0.1, 0.15) is 0 Å². The van der Waals surface area contributed by atoms with Crippen LogP contribution in [-0.4, -0.2) is 45.1 Å². The lowest BCUT2D eigenvalue weighted by atomic mass is 11.0. The number of hydrogen-bond donors (Lipinski definition) is 2. The van der Waals surface area contributed by atoms with Crippen molar-refractivity contribution in [1.82, 2.24) is 19.6 Å². The van der Waals surface area contributed by atoms with E-state index in [0.29, 0.717) is 0 Å². The van der Waals surface area contributed by atoms with Gasteiger partial charge in [0, 0.05) is 35.1 Å². The third-order valence-corrected chi connectivity index (χ3v) is 7.13. The van der Waals surface area contributed by atoms with Crippen molar-refractivity contribution in [2.75, 3.05) is 24.3 Å². The Bertz CT molecular complexity index is 473. The van der Waals surface area contributed by atoms with Crippen molar-refractivity contribution in [3.05, 3.63) is 20.9 Å². The molecule has 2 heterocycles. The summed E-state index contributed by atoms with van der Waals surface area (Å²) in [7, 11) is 2.98. The van der Waals surface area contributed by atoms with E-state index in [9.17, 15) is 9.59 Å². The molecule has 0 spiro atoms. The molecule has 23 heavy (non-hydrogen) atoms. The fraction of sp³-hybridized carbons (Fsp3) is 0.400. The molecule has 8 nitrogen and oxygen atoms in total. The first-order valence-electron chi connectivity index (χ1n) is 6.04. The predicted octanol–water partition coefficient (Wildman–Crippen LogP) is 3.17. The zero-order valence-electron chi connectivity index (χ0n) is 12.1. The summed E-state index contributed by atoms with van der Waals surface area (Å²) in [6.45, 7) is 0. The molecule has 0 radical (unpaired) electrons. The summed E-state index contributed by atoms with van der Waals surface area (Å²) < 4.78 is 2.34. The lowest BCUT2D eigenvalue weighted by Gasteiger charge is -2.21. The third-order valence-electron chi connectivity index (χ3n) is 2.18. The van der Waals surface area contributed by atoms with Crippen LogP contribution < -0.4 is 11.0 Å². The number of carbonyl (C=O) groups is 2. The first-order chi connectivity index (χ1) is 11.1. The summed E-state index contributed by atoms with van der Waals surface area (Å²) in [6, 6.07) is 0. The summed E-state index contributed by atoms with van der Waals surface area (Å²) >= 11 is 7.17. The van der Waals surface area contributed by atoms with Gasteiger partial charge in [0.15, 0.2) is 0 Å². The molecule has 2 N–H and O–H groups in total. The first kappa shape index (κ1) is 18.7. The van der Waals surface area contributed by atoms with Crippen LogP contribution >= 0.6 is 59.2 Å². The van der Waals surface area contributed by atoms with Crippen LogP contribution in [0.3, 0.4) is 0 Å². The SMILES string of the molecule is CN(SN(C)C(=O)ONC1=CSCS1)C(=O)ONC1=CSCS1. The average Bonchev–Trinajstić information content (AvgIpc) is 3.23. The Morgan fingerprint density at radius 2 is 1.43 bits per heavy atom. The third kappa shape index (κ3) is 6.41. The van der Waals surface area contributed by atoms with E-state index in [0.717, 1.165) is 32.4 Å². The van der Waals surface area contributed by atoms with Gasteiger partial charge in [0.05, 0.1) is 12.1 Å². The molecule has 13 heteroatoms. The van der Waals surface area contributed by atoms with Crippen molar-refractivity contribution in [2.24, 2.45) is 0 Å². The van der Waals surface area contributed by atoms with Gasteiger partial charge in [-0.25, -0.2) is 29.2 Å². The molecule has 0 fully saturated rings. The molecule has 2 aliphatic heterocycles. The Balaban J connectivity index is 1.66. The van der Waals surface area contributed by atoms with Gasteiger partial charge < -0.3 is 9.68 Å². The zero-order chi connectivity index (χ0) is 16.7. The maximum absolute atomic E-state index is 11.8. The van der Waals surface area contributed by atoms with Gasteiger partial charge in [-0.05, 0) is 0 Å². The minimum atomic E-state index is -0.633. The predicted molar refractivity (Wildman–Crippen MR) is 98.6 cm³/mol. The van der Waals surface area contributed by atoms with Crippen LogP contribution in [0.15, 0.2) is 20.9 Å². The number of carbonyl (C=O) groups excluding carboxylic acids is 2. The Morgan fingerprint density at radius 1 is 1.00 bits per heavy atom. The van der Waals surface area contributed by atoms with Gasteiger partial charge in [-0.3, -0.25) is 0 Å². The smallest absolute Gasteiger partial charge is 0.323 e. The highest BCUT2D eigenvalue weighted by atomic mass is 32.2. The molecule has 2 rings (SSSR count). The lowest BCUT2D eigenvalue weighted by molar-refractivity contribution is 0.0920. The van der Waals surface area contributed by atoms with Gasteiger partial charge >= 0.3 is 12.2 Å². The molecular formula is C10H14N4O4S5. The Morgan fingerprint density at radius 3 is 1.78 bits per heavy atom. The molecule has 0 saturated heterocycles. The second kappa shape index (κ2) is 9.61. The average molecular weight is 415 g/mol. The minimum Gasteiger partial charge on any atom is -0.323 e. The van der Waals surface area contributed by atoms with Crippen LogP contribution in [0.2, 0.25) is 0 Å². The van der Waals surface area contributed by atoms with Crippen molar-refractivity contribution in [1.29, 1.82) is 0 Å². The number of nitrogens with zero attached hydrogens (tertiary/aromatic N) is 2. The van der Waals surface area contributed by atoms with Gasteiger partial charge in [-0.15, -0.1) is 23.5 Å². The van der Waals surface area contributed by atoms with Crippen LogP contribution in [0.25, 0.3) is 0 Å². The molecule has 0 bridgehead atoms. The van der Waals surface area contributed by atoms with Gasteiger partial charge in [0.25, 0.3) is 0 Å². The van der Waals surface area contributed by atoms with Crippen molar-refractivity contribution in [3.63, 3.8) is 0 Å². The van der Waals surface area contributed by atoms with Crippen molar-refractivity contribution >= 4 is 71.4 Å². The highest BCUT2D eigenvalue weighted by Gasteiger charge is 2.20. The van der Waals surface area contributed by atoms with E-state index in [-0.39, 0.29) is 0 Å². The number of hydroxylamine groups is 2. The normalized spacial score (nSPS) is 16.3. The lowest BCUT2D eigenvalue weighted by Crippen LogP contribution is -2.33. The van der Waals surface area contributed by atoms with Gasteiger partial charge in [0.2, 0.25) is 0 Å². The van der Waals surface area contributed by atoms with E-state index in [2.05, 4.69) is 11.0 Å². The van der Waals surface area contributed by atoms with Gasteiger partial charge in [0.1, 0.15) is 10.1 Å². The van der Waals surface area contributed by atoms with E-state index >= 15 is 0 Å². The molecule has 2 aliphatic rings. The van der Waals surface area contributed by atoms with E-state index in [4.69, 9.17) is 9.68 Å². The molecule has 0 unspecified atom stereocenters. The van der Waals surface area contributed by atoms with Crippen LogP contribution in [-0.2, 0) is 9.68 Å². The molecule has 0 aliphatic carbocycles. The molecule has 0 aromatic heterocycles. The molecule has 0 atom stereocenters. The number of thioether (sulfide) groups is 4. The number of rotatable bonds is 6. The monoisotopic (exact) mass is 414 g/mol. The maximum Gasteiger partial charge on any atom is 0.445 e. The molecule has 0 saturated carbocycles. The summed E-state index contributed by atoms with van der Waals surface area (Å²) in [5.74, 6) is 0. The Labute approximate surface area is 155 Å². The molecule has 2 amide bonds. The van der Waals surface area contributed by atoms with Crippen LogP contribution in [0.5, 0.6) is 0 Å². The maximum atomic E-state index is 11.8. The van der Waals surface area contributed by atoms with E-state index in [1.165, 1.54) is 22.7 Å². The standard InChI is InChI=1S/C10H14N4O4S5/c1-13(9(15)17-11-7-3-19-5-21-7)23-14(2)10(16)18-12-8-4-20-6-22-8/h3-4,11-12H,5-6H2,1-2H3. The van der Waals surface area contributed by atoms with E-state index in [1.54, 1.807) is 47.0 Å². The zero-order valence-corrected chi connectivity index (χ0v) is 16.2. The molecule has 128 valence electrons. The Hall–Kier alpha value is -0.630. The summed E-state index contributed by atoms with van der Waals surface area (Å²) in [5.41, 5.74) is 5.13. The van der Waals surface area contributed by atoms with Crippen LogP contribution in [0.4, 0.5) is 9.59 Å². The quantitative estimate of drug-likeness (QED) is 0.496. The number of hydrogen-bond acceptors (Lipinski definition) is 11. The minimum absolute atomic E-state index is 0.633. The van der Waals surface area contributed by atoms with Crippen molar-refractivity contribution in [2.45, 2.75) is 0 Å². The number of nitrogens with one attached hydrogen (secondary N) is 2. The fourth-order valence-electron chi connectivity index (χ4n) is 1.16. The van der Waals surface area contributed by atoms with E-state index in [1.807, 2.05) is 10.8 Å². The highest BCUT2D eigenvalue weighted by molar-refractivity contribution is 8.22. The molecule has 0 aromatic carbocycles. The topological polar surface area (TPSA) is 83.1 Å². The second-order valence-corrected chi connectivity index (χ2v) is 9.58. The van der Waals surface area contributed by atoms with E-state index < -0.39 is 12.2 Å². The summed E-state index contributed by atoms with van der Waals surface area (Å²) in [6.07, 6.45) is -1.27. The fourth-order valence-corrected chi connectivity index (χ4v) is 5.39. The highest BCUT2D eigenvalue weighted by Crippen LogP contribution is 2.30. The molecular weight excluding hydrogens is 400 g/mol. The summed E-state index contributed by atoms with van der Waals surface area (Å²) in [4.78, 5) is 33.4. The molecule has 0 aromatic rings. The Kier molecular flexibility index (Phi) is 7.82. The van der Waals surface area contributed by atoms with Crippen molar-refractivity contribution in [3.8, 4) is 0 Å². The first-order valence-corrected chi connectivity index (χ1v) is 10.8. The van der Waals surface area contributed by atoms with Crippen LogP contribution in [0, 0.1) is 0 Å². The van der Waals surface area contributed by atoms with Gasteiger partial charge in [-0.1, -0.05) is 23.5 Å².